The van der Waals surface area contributed by atoms with Gasteiger partial charge in [0.1, 0.15) is 5.82 Å². The number of carbonyl (C=O) groups is 2. The molecule has 0 spiro atoms. The maximum Gasteiger partial charge on any atom is 0.256 e. The summed E-state index contributed by atoms with van der Waals surface area (Å²) in [5.74, 6) is 0.606. The third-order valence-corrected chi connectivity index (χ3v) is 5.82. The van der Waals surface area contributed by atoms with Gasteiger partial charge in [-0.15, -0.1) is 0 Å². The molecule has 3 heterocycles. The van der Waals surface area contributed by atoms with Gasteiger partial charge >= 0.3 is 0 Å². The third-order valence-electron chi connectivity index (χ3n) is 5.82. The summed E-state index contributed by atoms with van der Waals surface area (Å²) < 4.78 is 1.56. The van der Waals surface area contributed by atoms with E-state index < -0.39 is 0 Å². The minimum Gasteiger partial charge on any atom is -0.361 e. The largest absolute Gasteiger partial charge is 0.361 e. The lowest BCUT2D eigenvalue weighted by Crippen LogP contribution is -2.35. The average Bonchev–Trinajstić information content (AvgIpc) is 2.83. The second kappa shape index (κ2) is 6.48. The summed E-state index contributed by atoms with van der Waals surface area (Å²) in [7, 11) is 1.72. The second-order valence-corrected chi connectivity index (χ2v) is 7.50. The summed E-state index contributed by atoms with van der Waals surface area (Å²) in [4.78, 5) is 47.8. The van der Waals surface area contributed by atoms with Crippen molar-refractivity contribution in [2.75, 3.05) is 13.1 Å². The van der Waals surface area contributed by atoms with E-state index in [0.717, 1.165) is 29.9 Å². The van der Waals surface area contributed by atoms with Gasteiger partial charge in [0.05, 0.1) is 16.8 Å². The summed E-state index contributed by atoms with van der Waals surface area (Å²) in [6.07, 6.45) is 3.17. The molecule has 7 heteroatoms. The van der Waals surface area contributed by atoms with Crippen molar-refractivity contribution >= 4 is 11.7 Å². The van der Waals surface area contributed by atoms with Crippen molar-refractivity contribution < 1.29 is 9.59 Å². The minimum absolute atomic E-state index is 0.0304. The van der Waals surface area contributed by atoms with Gasteiger partial charge in [-0.2, -0.15) is 0 Å². The molecular weight excluding hydrogens is 344 g/mol. The van der Waals surface area contributed by atoms with Gasteiger partial charge in [-0.05, 0) is 33.1 Å². The Bertz CT molecular complexity index is 1020. The molecule has 1 aliphatic heterocycles. The Kier molecular flexibility index (Phi) is 4.25. The first-order valence-corrected chi connectivity index (χ1v) is 9.47. The summed E-state index contributed by atoms with van der Waals surface area (Å²) >= 11 is 0. The average molecular weight is 368 g/mol. The van der Waals surface area contributed by atoms with Crippen LogP contribution in [0.5, 0.6) is 0 Å². The van der Waals surface area contributed by atoms with Crippen LogP contribution in [0.25, 0.3) is 0 Å². The third kappa shape index (κ3) is 2.81. The van der Waals surface area contributed by atoms with Gasteiger partial charge < -0.3 is 9.88 Å². The molecular formula is C20H24N4O3. The topological polar surface area (TPSA) is 88.1 Å². The van der Waals surface area contributed by atoms with Gasteiger partial charge in [0.15, 0.2) is 5.78 Å². The normalized spacial score (nSPS) is 16.7. The Labute approximate surface area is 157 Å². The number of aromatic amines is 1. The summed E-state index contributed by atoms with van der Waals surface area (Å²) in [5, 5.41) is 0. The van der Waals surface area contributed by atoms with Crippen LogP contribution in [0.3, 0.4) is 0 Å². The lowest BCUT2D eigenvalue weighted by atomic mass is 9.92. The van der Waals surface area contributed by atoms with Crippen LogP contribution in [-0.4, -0.2) is 44.2 Å². The second-order valence-electron chi connectivity index (χ2n) is 7.50. The number of nitrogens with one attached hydrogen (secondary N) is 1. The number of amides is 1. The van der Waals surface area contributed by atoms with Crippen molar-refractivity contribution in [3.63, 3.8) is 0 Å². The molecule has 0 saturated carbocycles. The summed E-state index contributed by atoms with van der Waals surface area (Å²) in [6, 6.07) is 0. The van der Waals surface area contributed by atoms with E-state index >= 15 is 0 Å². The van der Waals surface area contributed by atoms with Crippen molar-refractivity contribution in [1.82, 2.24) is 19.4 Å². The number of ketones is 1. The van der Waals surface area contributed by atoms with Gasteiger partial charge in [0, 0.05) is 49.9 Å². The number of Topliss-reactive ketones (excluding diaryl/α,β-unsaturated/α-hetero) is 1. The number of hydrogen-bond acceptors (Lipinski definition) is 4. The number of H-pyrrole nitrogens is 1. The molecule has 1 N–H and O–H groups in total. The SMILES string of the molecule is Cc1[nH]c2c(c1C(=O)N1CCc3nc(C)n(C)c(=O)c3CC1)C(=O)CCC2. The molecule has 0 radical (unpaired) electrons. The van der Waals surface area contributed by atoms with Gasteiger partial charge in [-0.3, -0.25) is 19.0 Å². The van der Waals surface area contributed by atoms with E-state index in [4.69, 9.17) is 0 Å². The van der Waals surface area contributed by atoms with Crippen molar-refractivity contribution in [2.45, 2.75) is 46.0 Å². The Morgan fingerprint density at radius 3 is 2.59 bits per heavy atom. The van der Waals surface area contributed by atoms with E-state index in [0.29, 0.717) is 54.9 Å². The predicted octanol–water partition coefficient (Wildman–Crippen LogP) is 1.49. The lowest BCUT2D eigenvalue weighted by molar-refractivity contribution is 0.0756. The van der Waals surface area contributed by atoms with Crippen LogP contribution in [0.2, 0.25) is 0 Å². The molecule has 2 aromatic heterocycles. The molecule has 2 aromatic rings. The Hall–Kier alpha value is -2.70. The summed E-state index contributed by atoms with van der Waals surface area (Å²) in [6.45, 7) is 4.63. The Morgan fingerprint density at radius 1 is 1.07 bits per heavy atom. The number of fused-ring (bicyclic) bond motifs is 2. The molecule has 1 aliphatic carbocycles. The number of rotatable bonds is 1. The van der Waals surface area contributed by atoms with Crippen LogP contribution in [0.4, 0.5) is 0 Å². The molecule has 7 nitrogen and oxygen atoms in total. The van der Waals surface area contributed by atoms with Gasteiger partial charge in [-0.1, -0.05) is 0 Å². The molecule has 0 aromatic carbocycles. The maximum atomic E-state index is 13.3. The first-order valence-electron chi connectivity index (χ1n) is 9.47. The Morgan fingerprint density at radius 2 is 1.81 bits per heavy atom. The fourth-order valence-electron chi connectivity index (χ4n) is 4.23. The van der Waals surface area contributed by atoms with Crippen molar-refractivity contribution in [3.8, 4) is 0 Å². The van der Waals surface area contributed by atoms with Crippen LogP contribution < -0.4 is 5.56 Å². The number of hydrogen-bond donors (Lipinski definition) is 1. The fourth-order valence-corrected chi connectivity index (χ4v) is 4.23. The number of nitrogens with zero attached hydrogens (tertiary/aromatic N) is 3. The zero-order valence-corrected chi connectivity index (χ0v) is 16.0. The highest BCUT2D eigenvalue weighted by atomic mass is 16.2. The fraction of sp³-hybridized carbons (Fsp3) is 0.500. The number of aryl methyl sites for hydroxylation is 3. The molecule has 0 unspecified atom stereocenters. The molecule has 4 rings (SSSR count). The number of carbonyl (C=O) groups excluding carboxylic acids is 2. The van der Waals surface area contributed by atoms with Crippen molar-refractivity contribution in [3.05, 3.63) is 50.0 Å². The van der Waals surface area contributed by atoms with Gasteiger partial charge in [0.2, 0.25) is 0 Å². The summed E-state index contributed by atoms with van der Waals surface area (Å²) in [5.41, 5.74) is 4.19. The van der Waals surface area contributed by atoms with Crippen LogP contribution >= 0.6 is 0 Å². The zero-order valence-electron chi connectivity index (χ0n) is 16.0. The van der Waals surface area contributed by atoms with Gasteiger partial charge in [0.25, 0.3) is 11.5 Å². The Balaban J connectivity index is 1.66. The van der Waals surface area contributed by atoms with E-state index in [9.17, 15) is 14.4 Å². The smallest absolute Gasteiger partial charge is 0.256 e. The van der Waals surface area contributed by atoms with E-state index in [-0.39, 0.29) is 17.2 Å². The first kappa shape index (κ1) is 17.7. The standard InChI is InChI=1S/C20H24N4O3/c1-11-17(18-15(21-11)5-4-6-16(18)25)20(27)24-9-7-13-14(8-10-24)22-12(2)23(3)19(13)26/h21H,4-10H2,1-3H3. The van der Waals surface area contributed by atoms with Crippen molar-refractivity contribution in [2.24, 2.45) is 7.05 Å². The van der Waals surface area contributed by atoms with Crippen LogP contribution in [0.15, 0.2) is 4.79 Å². The van der Waals surface area contributed by atoms with Crippen LogP contribution in [0.1, 0.15) is 62.0 Å². The molecule has 0 atom stereocenters. The molecule has 142 valence electrons. The molecule has 0 saturated heterocycles. The predicted molar refractivity (Wildman–Crippen MR) is 100 cm³/mol. The highest BCUT2D eigenvalue weighted by Gasteiger charge is 2.31. The molecule has 1 amide bonds. The van der Waals surface area contributed by atoms with Gasteiger partial charge in [-0.25, -0.2) is 4.98 Å². The van der Waals surface area contributed by atoms with E-state index in [2.05, 4.69) is 9.97 Å². The zero-order chi connectivity index (χ0) is 19.3. The molecule has 0 bridgehead atoms. The highest BCUT2D eigenvalue weighted by molar-refractivity contribution is 6.10. The molecule has 2 aliphatic rings. The van der Waals surface area contributed by atoms with Crippen molar-refractivity contribution in [1.29, 1.82) is 0 Å². The van der Waals surface area contributed by atoms with Crippen LogP contribution in [0, 0.1) is 13.8 Å². The minimum atomic E-state index is -0.124. The maximum absolute atomic E-state index is 13.3. The van der Waals surface area contributed by atoms with E-state index in [1.807, 2.05) is 13.8 Å². The first-order chi connectivity index (χ1) is 12.9. The number of aromatic nitrogens is 3. The monoisotopic (exact) mass is 368 g/mol. The van der Waals surface area contributed by atoms with Crippen LogP contribution in [-0.2, 0) is 26.3 Å². The van der Waals surface area contributed by atoms with E-state index in [1.165, 1.54) is 0 Å². The molecule has 27 heavy (non-hydrogen) atoms. The molecule has 0 fully saturated rings. The lowest BCUT2D eigenvalue weighted by Gasteiger charge is -2.21. The van der Waals surface area contributed by atoms with E-state index in [1.54, 1.807) is 16.5 Å². The highest BCUT2D eigenvalue weighted by Crippen LogP contribution is 2.28. The quantitative estimate of drug-likeness (QED) is 0.826.